The van der Waals surface area contributed by atoms with Gasteiger partial charge >= 0.3 is 0 Å². The van der Waals surface area contributed by atoms with Crippen LogP contribution in [0.5, 0.6) is 0 Å². The van der Waals surface area contributed by atoms with Gasteiger partial charge in [0.2, 0.25) is 17.7 Å². The molecule has 1 aromatic heterocycles. The van der Waals surface area contributed by atoms with Gasteiger partial charge in [0.15, 0.2) is 0 Å². The smallest absolute Gasteiger partial charge is 0.243 e. The van der Waals surface area contributed by atoms with E-state index in [4.69, 9.17) is 11.1 Å². The zero-order valence-corrected chi connectivity index (χ0v) is 19.5. The number of thiophene rings is 1. The van der Waals surface area contributed by atoms with Crippen molar-refractivity contribution in [1.29, 1.82) is 5.41 Å². The fraction of sp³-hybridized carbons (Fsp3) is 0.417. The van der Waals surface area contributed by atoms with Crippen molar-refractivity contribution < 1.29 is 14.4 Å². The molecule has 2 heterocycles. The lowest BCUT2D eigenvalue weighted by molar-refractivity contribution is -0.138. The zero-order chi connectivity index (χ0) is 23.6. The highest BCUT2D eigenvalue weighted by molar-refractivity contribution is 7.10. The fourth-order valence-corrected chi connectivity index (χ4v) is 4.69. The van der Waals surface area contributed by atoms with Crippen molar-refractivity contribution in [3.8, 4) is 0 Å². The number of likely N-dealkylation sites (tertiary alicyclic amines) is 1. The molecule has 0 bridgehead atoms. The van der Waals surface area contributed by atoms with Crippen LogP contribution < -0.4 is 16.4 Å². The Kier molecular flexibility index (Phi) is 9.00. The molecule has 3 amide bonds. The van der Waals surface area contributed by atoms with Crippen molar-refractivity contribution in [2.24, 2.45) is 5.73 Å². The Bertz CT molecular complexity index is 975. The number of nitrogens with zero attached hydrogens (tertiary/aromatic N) is 1. The summed E-state index contributed by atoms with van der Waals surface area (Å²) in [6, 6.07) is 11.4. The minimum atomic E-state index is -0.521. The first-order chi connectivity index (χ1) is 15.9. The van der Waals surface area contributed by atoms with Crippen LogP contribution >= 0.6 is 11.3 Å². The summed E-state index contributed by atoms with van der Waals surface area (Å²) in [5, 5.41) is 14.8. The summed E-state index contributed by atoms with van der Waals surface area (Å²) in [4.78, 5) is 39.8. The molecule has 8 nitrogen and oxygen atoms in total. The van der Waals surface area contributed by atoms with Gasteiger partial charge in [-0.05, 0) is 43.7 Å². The molecule has 0 aliphatic carbocycles. The molecular weight excluding hydrogens is 438 g/mol. The van der Waals surface area contributed by atoms with E-state index >= 15 is 0 Å². The van der Waals surface area contributed by atoms with Crippen LogP contribution in [0.1, 0.15) is 48.1 Å². The van der Waals surface area contributed by atoms with Crippen molar-refractivity contribution in [1.82, 2.24) is 15.5 Å². The topological polar surface area (TPSA) is 128 Å². The average Bonchev–Trinajstić information content (AvgIpc) is 3.49. The Morgan fingerprint density at radius 2 is 1.94 bits per heavy atom. The summed E-state index contributed by atoms with van der Waals surface area (Å²) in [5.74, 6) is -0.587. The molecule has 2 aromatic rings. The van der Waals surface area contributed by atoms with E-state index in [9.17, 15) is 14.4 Å². The van der Waals surface area contributed by atoms with E-state index in [2.05, 4.69) is 22.8 Å². The lowest BCUT2D eigenvalue weighted by atomic mass is 10.1. The van der Waals surface area contributed by atoms with Crippen molar-refractivity contribution in [3.63, 3.8) is 0 Å². The minimum Gasteiger partial charge on any atom is -0.384 e. The van der Waals surface area contributed by atoms with Gasteiger partial charge in [-0.3, -0.25) is 19.8 Å². The number of hydrogen-bond donors (Lipinski definition) is 4. The summed E-state index contributed by atoms with van der Waals surface area (Å²) < 4.78 is 0. The number of nitrogens with two attached hydrogens (primary N) is 1. The molecule has 176 valence electrons. The molecule has 0 radical (unpaired) electrons. The highest BCUT2D eigenvalue weighted by Gasteiger charge is 2.33. The van der Waals surface area contributed by atoms with Crippen LogP contribution in [0.25, 0.3) is 0 Å². The first-order valence-electron chi connectivity index (χ1n) is 11.2. The minimum absolute atomic E-state index is 0.00497. The second kappa shape index (κ2) is 12.2. The number of nitrogens with one attached hydrogen (secondary N) is 3. The first-order valence-corrected chi connectivity index (χ1v) is 12.1. The van der Waals surface area contributed by atoms with E-state index in [-0.39, 0.29) is 30.1 Å². The molecule has 1 aliphatic heterocycles. The van der Waals surface area contributed by atoms with Crippen LogP contribution in [0.2, 0.25) is 0 Å². The van der Waals surface area contributed by atoms with Gasteiger partial charge in [0, 0.05) is 28.8 Å². The summed E-state index contributed by atoms with van der Waals surface area (Å²) in [5.41, 5.74) is 7.36. The molecule has 1 fully saturated rings. The fourth-order valence-electron chi connectivity index (χ4n) is 3.87. The molecule has 0 unspecified atom stereocenters. The molecule has 1 atom stereocenters. The van der Waals surface area contributed by atoms with Crippen molar-refractivity contribution in [2.75, 3.05) is 13.1 Å². The van der Waals surface area contributed by atoms with Gasteiger partial charge < -0.3 is 21.3 Å². The molecule has 9 heteroatoms. The molecule has 3 rings (SSSR count). The highest BCUT2D eigenvalue weighted by Crippen LogP contribution is 2.19. The van der Waals surface area contributed by atoms with Crippen molar-refractivity contribution in [2.45, 2.75) is 51.1 Å². The third kappa shape index (κ3) is 7.42. The number of rotatable bonds is 11. The molecule has 5 N–H and O–H groups in total. The molecule has 0 spiro atoms. The van der Waals surface area contributed by atoms with Crippen LogP contribution in [0.4, 0.5) is 0 Å². The number of amides is 3. The standard InChI is InChI=1S/C24H31N5O3S/c25-23(26)18-13-19(33-16-18)14-28-24(32)20-10-6-12-29(20)22(31)15-27-21(30)11-5-4-9-17-7-2-1-3-8-17/h1-3,7-8,13,16,20H,4-6,9-12,14-15H2,(H3,25,26)(H,27,30)(H,28,32)/t20-/m0/s1. The summed E-state index contributed by atoms with van der Waals surface area (Å²) >= 11 is 1.42. The molecule has 1 aliphatic rings. The van der Waals surface area contributed by atoms with Crippen LogP contribution in [0, 0.1) is 5.41 Å². The molecular formula is C24H31N5O3S. The van der Waals surface area contributed by atoms with Crippen LogP contribution in [0.3, 0.4) is 0 Å². The monoisotopic (exact) mass is 469 g/mol. The number of carbonyl (C=O) groups excluding carboxylic acids is 3. The van der Waals surface area contributed by atoms with Gasteiger partial charge in [0.1, 0.15) is 11.9 Å². The average molecular weight is 470 g/mol. The van der Waals surface area contributed by atoms with E-state index in [0.717, 1.165) is 30.6 Å². The van der Waals surface area contributed by atoms with Crippen LogP contribution in [0.15, 0.2) is 41.8 Å². The second-order valence-corrected chi connectivity index (χ2v) is 9.14. The van der Waals surface area contributed by atoms with E-state index in [1.54, 1.807) is 16.3 Å². The Labute approximate surface area is 198 Å². The summed E-state index contributed by atoms with van der Waals surface area (Å²) in [7, 11) is 0. The third-order valence-corrected chi connectivity index (χ3v) is 6.61. The maximum atomic E-state index is 12.6. The molecule has 33 heavy (non-hydrogen) atoms. The lowest BCUT2D eigenvalue weighted by Crippen LogP contribution is -2.48. The third-order valence-electron chi connectivity index (χ3n) is 5.68. The van der Waals surface area contributed by atoms with E-state index < -0.39 is 6.04 Å². The van der Waals surface area contributed by atoms with Gasteiger partial charge in [-0.25, -0.2) is 0 Å². The van der Waals surface area contributed by atoms with E-state index in [0.29, 0.717) is 31.5 Å². The van der Waals surface area contributed by atoms with Crippen LogP contribution in [-0.2, 0) is 27.3 Å². The van der Waals surface area contributed by atoms with Crippen molar-refractivity contribution in [3.05, 3.63) is 57.8 Å². The molecule has 1 saturated heterocycles. The largest absolute Gasteiger partial charge is 0.384 e. The van der Waals surface area contributed by atoms with Gasteiger partial charge in [-0.1, -0.05) is 30.3 Å². The van der Waals surface area contributed by atoms with Crippen LogP contribution in [-0.4, -0.2) is 47.6 Å². The summed E-state index contributed by atoms with van der Waals surface area (Å²) in [6.07, 6.45) is 4.35. The first kappa shape index (κ1) is 24.4. The zero-order valence-electron chi connectivity index (χ0n) is 18.6. The predicted octanol–water partition coefficient (Wildman–Crippen LogP) is 2.17. The van der Waals surface area contributed by atoms with Gasteiger partial charge in [-0.2, -0.15) is 0 Å². The molecule has 0 saturated carbocycles. The SMILES string of the molecule is N=C(N)c1csc(CNC(=O)[C@@H]2CCCN2C(=O)CNC(=O)CCCCc2ccccc2)c1. The Morgan fingerprint density at radius 3 is 2.67 bits per heavy atom. The molecule has 1 aromatic carbocycles. The number of aryl methyl sites for hydroxylation is 1. The summed E-state index contributed by atoms with van der Waals surface area (Å²) in [6.45, 7) is 0.751. The second-order valence-electron chi connectivity index (χ2n) is 8.15. The Balaban J connectivity index is 1.37. The predicted molar refractivity (Wildman–Crippen MR) is 129 cm³/mol. The Hall–Kier alpha value is -3.20. The quantitative estimate of drug-likeness (QED) is 0.228. The maximum Gasteiger partial charge on any atom is 0.243 e. The van der Waals surface area contributed by atoms with E-state index in [1.807, 2.05) is 18.2 Å². The normalized spacial score (nSPS) is 15.3. The number of unbranched alkanes of at least 4 members (excludes halogenated alkanes) is 1. The Morgan fingerprint density at radius 1 is 1.15 bits per heavy atom. The number of amidine groups is 1. The highest BCUT2D eigenvalue weighted by atomic mass is 32.1. The number of nitrogen functional groups attached to an aromatic ring is 1. The van der Waals surface area contributed by atoms with Gasteiger partial charge in [-0.15, -0.1) is 11.3 Å². The number of benzene rings is 1. The van der Waals surface area contributed by atoms with E-state index in [1.165, 1.54) is 16.9 Å². The van der Waals surface area contributed by atoms with Crippen molar-refractivity contribution >= 4 is 34.9 Å². The number of carbonyl (C=O) groups is 3. The van der Waals surface area contributed by atoms with Gasteiger partial charge in [0.25, 0.3) is 0 Å². The van der Waals surface area contributed by atoms with Gasteiger partial charge in [0.05, 0.1) is 13.1 Å². The lowest BCUT2D eigenvalue weighted by Gasteiger charge is -2.24. The maximum absolute atomic E-state index is 12.6. The number of hydrogen-bond acceptors (Lipinski definition) is 5.